The average Bonchev–Trinajstić information content (AvgIpc) is 3.12. The second kappa shape index (κ2) is 19.1. The Hall–Kier alpha value is -2.81. The standard InChI is InChI=1S/C28H28N.C17H28O2.CH4.Ir/c1-2-6-20-11-13-21(14-12-20)24-16-15-23-17-18-29-28(27(23)19-24)26-10-5-8-22-7-3-4-9-25(22)26;1-12-3-7-14(8-4-12)16(18)11-17(19)15-9-5-13(2)6-10-15;;/h3-5,7-9,15-21H,2,6,11-14H2,1H3;11-15,18H,3-10H2,1-2H3;1H4;/q-1;;;. The molecule has 0 saturated heterocycles. The first-order chi connectivity index (χ1) is 23.4. The van der Waals surface area contributed by atoms with Crippen molar-refractivity contribution in [3.63, 3.8) is 0 Å². The van der Waals surface area contributed by atoms with Crippen molar-refractivity contribution in [3.8, 4) is 11.3 Å². The van der Waals surface area contributed by atoms with Gasteiger partial charge in [-0.05, 0) is 103 Å². The van der Waals surface area contributed by atoms with Gasteiger partial charge in [0.2, 0.25) is 0 Å². The van der Waals surface area contributed by atoms with E-state index in [1.807, 2.05) is 12.3 Å². The number of ketones is 1. The van der Waals surface area contributed by atoms with E-state index in [1.54, 1.807) is 6.08 Å². The molecule has 3 fully saturated rings. The van der Waals surface area contributed by atoms with E-state index in [0.717, 1.165) is 67.5 Å². The van der Waals surface area contributed by atoms with Gasteiger partial charge < -0.3 is 10.1 Å². The fourth-order valence-corrected chi connectivity index (χ4v) is 8.67. The van der Waals surface area contributed by atoms with E-state index in [4.69, 9.17) is 4.98 Å². The van der Waals surface area contributed by atoms with Crippen LogP contribution in [-0.2, 0) is 24.9 Å². The Balaban J connectivity index is 0.000000235. The molecule has 0 bridgehead atoms. The summed E-state index contributed by atoms with van der Waals surface area (Å²) in [5, 5.41) is 15.1. The Morgan fingerprint density at radius 2 is 1.44 bits per heavy atom. The summed E-state index contributed by atoms with van der Waals surface area (Å²) in [7, 11) is 0. The zero-order valence-corrected chi connectivity index (χ0v) is 32.3. The summed E-state index contributed by atoms with van der Waals surface area (Å²) < 4.78 is 0. The zero-order chi connectivity index (χ0) is 33.5. The Morgan fingerprint density at radius 1 is 0.800 bits per heavy atom. The third-order valence-corrected chi connectivity index (χ3v) is 11.9. The van der Waals surface area contributed by atoms with Gasteiger partial charge in [0.15, 0.2) is 5.78 Å². The van der Waals surface area contributed by atoms with Crippen LogP contribution in [0.4, 0.5) is 0 Å². The number of rotatable bonds is 7. The van der Waals surface area contributed by atoms with Gasteiger partial charge in [-0.2, -0.15) is 0 Å². The molecule has 3 aliphatic rings. The maximum Gasteiger partial charge on any atom is 0.162 e. The molecular formula is C46H60IrNO2-. The number of hydrogen-bond donors (Lipinski definition) is 1. The van der Waals surface area contributed by atoms with Crippen LogP contribution in [0.25, 0.3) is 32.8 Å². The molecule has 0 spiro atoms. The third-order valence-electron chi connectivity index (χ3n) is 11.9. The molecule has 3 saturated carbocycles. The molecule has 0 aliphatic heterocycles. The zero-order valence-electron chi connectivity index (χ0n) is 29.9. The first kappa shape index (κ1) is 40.0. The van der Waals surface area contributed by atoms with Crippen LogP contribution in [0.3, 0.4) is 0 Å². The quantitative estimate of drug-likeness (QED) is 0.114. The number of aromatic nitrogens is 1. The number of aliphatic hydroxyl groups is 1. The van der Waals surface area contributed by atoms with Gasteiger partial charge in [0, 0.05) is 44.2 Å². The summed E-state index contributed by atoms with van der Waals surface area (Å²) in [4.78, 5) is 17.0. The molecule has 0 unspecified atom stereocenters. The van der Waals surface area contributed by atoms with Gasteiger partial charge in [0.05, 0.1) is 5.76 Å². The maximum atomic E-state index is 12.2. The fraction of sp³-hybridized carbons (Fsp3) is 0.522. The molecule has 271 valence electrons. The minimum absolute atomic E-state index is 0. The molecule has 1 radical (unpaired) electrons. The van der Waals surface area contributed by atoms with E-state index in [-0.39, 0.29) is 45.2 Å². The summed E-state index contributed by atoms with van der Waals surface area (Å²) >= 11 is 0. The fourth-order valence-electron chi connectivity index (χ4n) is 8.67. The van der Waals surface area contributed by atoms with E-state index >= 15 is 0 Å². The van der Waals surface area contributed by atoms with Crippen molar-refractivity contribution in [1.82, 2.24) is 4.98 Å². The minimum atomic E-state index is 0. The number of aliphatic hydroxyl groups excluding tert-OH is 1. The second-order valence-electron chi connectivity index (χ2n) is 15.5. The molecule has 4 heteroatoms. The summed E-state index contributed by atoms with van der Waals surface area (Å²) in [6.45, 7) is 6.84. The monoisotopic (exact) mass is 851 g/mol. The third kappa shape index (κ3) is 9.95. The number of nitrogens with zero attached hydrogens (tertiary/aromatic N) is 1. The normalized spacial score (nSPS) is 25.5. The largest absolute Gasteiger partial charge is 0.512 e. The van der Waals surface area contributed by atoms with E-state index in [0.29, 0.717) is 11.7 Å². The molecule has 3 nitrogen and oxygen atoms in total. The molecule has 3 aliphatic carbocycles. The van der Waals surface area contributed by atoms with Crippen molar-refractivity contribution in [3.05, 3.63) is 90.3 Å². The Bertz CT molecular complexity index is 1680. The maximum absolute atomic E-state index is 12.2. The first-order valence-electron chi connectivity index (χ1n) is 19.1. The first-order valence-corrected chi connectivity index (χ1v) is 19.1. The van der Waals surface area contributed by atoms with Crippen molar-refractivity contribution in [2.45, 2.75) is 124 Å². The molecule has 0 amide bonds. The molecule has 1 N–H and O–H groups in total. The SMILES string of the molecule is C.CC1CCC(C(=O)C=C(O)C2CCC(C)CC2)CC1.CCCC1CCC(c2ccc3ccnc(-c4[c-]ccc5ccccc45)c3c2)CC1.[Ir]. The predicted octanol–water partition coefficient (Wildman–Crippen LogP) is 13.2. The minimum Gasteiger partial charge on any atom is -0.512 e. The van der Waals surface area contributed by atoms with Gasteiger partial charge in [-0.25, -0.2) is 0 Å². The predicted molar refractivity (Wildman–Crippen MR) is 208 cm³/mol. The Labute approximate surface area is 316 Å². The van der Waals surface area contributed by atoms with Gasteiger partial charge in [-0.15, -0.1) is 29.1 Å². The van der Waals surface area contributed by atoms with Gasteiger partial charge >= 0.3 is 0 Å². The number of carbonyl (C=O) groups excluding carboxylic acids is 1. The molecule has 50 heavy (non-hydrogen) atoms. The van der Waals surface area contributed by atoms with Gasteiger partial charge in [0.1, 0.15) is 0 Å². The van der Waals surface area contributed by atoms with Crippen LogP contribution in [0.15, 0.2) is 78.7 Å². The number of pyridine rings is 1. The van der Waals surface area contributed by atoms with Crippen LogP contribution in [-0.4, -0.2) is 15.9 Å². The smallest absolute Gasteiger partial charge is 0.162 e. The molecular weight excluding hydrogens is 791 g/mol. The summed E-state index contributed by atoms with van der Waals surface area (Å²) in [6, 6.07) is 25.4. The number of hydrogen-bond acceptors (Lipinski definition) is 3. The van der Waals surface area contributed by atoms with Crippen LogP contribution >= 0.6 is 0 Å². The molecule has 4 aromatic rings. The Kier molecular flexibility index (Phi) is 15.3. The van der Waals surface area contributed by atoms with Crippen LogP contribution in [0.2, 0.25) is 0 Å². The molecule has 1 heterocycles. The van der Waals surface area contributed by atoms with E-state index in [1.165, 1.54) is 78.5 Å². The summed E-state index contributed by atoms with van der Waals surface area (Å²) in [5.41, 5.74) is 3.65. The van der Waals surface area contributed by atoms with Crippen molar-refractivity contribution >= 4 is 27.3 Å². The van der Waals surface area contributed by atoms with Gasteiger partial charge in [-0.1, -0.05) is 115 Å². The summed E-state index contributed by atoms with van der Waals surface area (Å²) in [6.07, 6.45) is 20.4. The number of fused-ring (bicyclic) bond motifs is 2. The van der Waals surface area contributed by atoms with Crippen LogP contribution in [0, 0.1) is 35.7 Å². The van der Waals surface area contributed by atoms with Crippen molar-refractivity contribution < 1.29 is 30.0 Å². The van der Waals surface area contributed by atoms with Gasteiger partial charge in [0.25, 0.3) is 0 Å². The van der Waals surface area contributed by atoms with Crippen molar-refractivity contribution in [2.24, 2.45) is 29.6 Å². The number of benzene rings is 3. The van der Waals surface area contributed by atoms with Crippen LogP contribution in [0.5, 0.6) is 0 Å². The molecule has 0 atom stereocenters. The molecule has 7 rings (SSSR count). The van der Waals surface area contributed by atoms with Crippen molar-refractivity contribution in [2.75, 3.05) is 0 Å². The molecule has 3 aromatic carbocycles. The van der Waals surface area contributed by atoms with E-state index < -0.39 is 0 Å². The van der Waals surface area contributed by atoms with Crippen LogP contribution < -0.4 is 0 Å². The summed E-state index contributed by atoms with van der Waals surface area (Å²) in [5.74, 6) is 4.11. The van der Waals surface area contributed by atoms with Crippen LogP contribution in [0.1, 0.15) is 130 Å². The topological polar surface area (TPSA) is 50.2 Å². The second-order valence-corrected chi connectivity index (χ2v) is 15.5. The van der Waals surface area contributed by atoms with Crippen molar-refractivity contribution in [1.29, 1.82) is 0 Å². The molecule has 1 aromatic heterocycles. The Morgan fingerprint density at radius 3 is 2.12 bits per heavy atom. The van der Waals surface area contributed by atoms with Gasteiger partial charge in [-0.3, -0.25) is 4.79 Å². The average molecular weight is 851 g/mol. The van der Waals surface area contributed by atoms with E-state index in [2.05, 4.69) is 81.4 Å². The number of carbonyl (C=O) groups is 1. The number of allylic oxidation sites excluding steroid dienone is 2. The van der Waals surface area contributed by atoms with E-state index in [9.17, 15) is 9.90 Å².